The molecule has 0 aliphatic rings. The van der Waals surface area contributed by atoms with Crippen molar-refractivity contribution in [1.29, 1.82) is 0 Å². The van der Waals surface area contributed by atoms with Crippen molar-refractivity contribution >= 4 is 29.1 Å². The summed E-state index contributed by atoms with van der Waals surface area (Å²) >= 11 is 0.983. The smallest absolute Gasteiger partial charge is 0.0721 e. The Morgan fingerprint density at radius 3 is 1.71 bits per heavy atom. The van der Waals surface area contributed by atoms with Gasteiger partial charge in [-0.2, -0.15) is 0 Å². The van der Waals surface area contributed by atoms with Gasteiger partial charge in [-0.15, -0.1) is 4.33 Å². The summed E-state index contributed by atoms with van der Waals surface area (Å²) in [5.74, 6) is 0.533. The highest BCUT2D eigenvalue weighted by Crippen LogP contribution is 2.39. The molecule has 0 aromatic heterocycles. The van der Waals surface area contributed by atoms with Crippen LogP contribution >= 0.6 is 12.0 Å². The first-order valence-corrected chi connectivity index (χ1v) is 14.6. The Balaban J connectivity index is 1.49. The molecule has 5 rings (SSSR count). The molecule has 1 unspecified atom stereocenters. The van der Waals surface area contributed by atoms with Crippen molar-refractivity contribution in [2.24, 2.45) is 0 Å². The fourth-order valence-electron chi connectivity index (χ4n) is 4.93. The number of hydrogen-bond donors (Lipinski definition) is 1. The maximum atomic E-state index is 8.80. The molecule has 0 saturated carbocycles. The Labute approximate surface area is 247 Å². The molecule has 0 spiro atoms. The first-order chi connectivity index (χ1) is 20.0. The van der Waals surface area contributed by atoms with E-state index in [2.05, 4.69) is 153 Å². The van der Waals surface area contributed by atoms with Crippen molar-refractivity contribution in [3.05, 3.63) is 132 Å². The molecule has 0 aliphatic heterocycles. The first kappa shape index (κ1) is 28.7. The van der Waals surface area contributed by atoms with Gasteiger partial charge in [0.2, 0.25) is 0 Å². The van der Waals surface area contributed by atoms with E-state index in [1.165, 1.54) is 16.7 Å². The summed E-state index contributed by atoms with van der Waals surface area (Å²) in [4.78, 5) is 3.13. The fourth-order valence-corrected chi connectivity index (χ4v) is 5.48. The van der Waals surface area contributed by atoms with Crippen LogP contribution in [0.1, 0.15) is 42.9 Å². The van der Waals surface area contributed by atoms with Gasteiger partial charge < -0.3 is 4.90 Å². The molecule has 5 heteroatoms. The van der Waals surface area contributed by atoms with Crippen LogP contribution in [0.2, 0.25) is 0 Å². The van der Waals surface area contributed by atoms with Crippen LogP contribution in [0.5, 0.6) is 0 Å². The van der Waals surface area contributed by atoms with Crippen LogP contribution in [-0.2, 0) is 9.37 Å². The highest BCUT2D eigenvalue weighted by Gasteiger charge is 2.15. The quantitative estimate of drug-likeness (QED) is 0.104. The summed E-state index contributed by atoms with van der Waals surface area (Å²) in [6.45, 7) is 8.67. The lowest BCUT2D eigenvalue weighted by Gasteiger charge is -2.26. The Morgan fingerprint density at radius 2 is 1.15 bits per heavy atom. The normalized spacial score (nSPS) is 11.8. The van der Waals surface area contributed by atoms with Gasteiger partial charge >= 0.3 is 0 Å². The fraction of sp³-hybridized carbons (Fsp3) is 0.167. The molecule has 0 saturated heterocycles. The molecule has 0 heterocycles. The number of nitrogens with zero attached hydrogens (tertiary/aromatic N) is 1. The second-order valence-corrected chi connectivity index (χ2v) is 11.2. The van der Waals surface area contributed by atoms with E-state index < -0.39 is 0 Å². The topological polar surface area (TPSA) is 41.9 Å². The third-order valence-corrected chi connectivity index (χ3v) is 8.23. The predicted octanol–water partition coefficient (Wildman–Crippen LogP) is 11.0. The van der Waals surface area contributed by atoms with Crippen LogP contribution in [0, 0.1) is 13.8 Å². The first-order valence-electron chi connectivity index (χ1n) is 13.9. The van der Waals surface area contributed by atoms with Crippen molar-refractivity contribution in [3.63, 3.8) is 0 Å². The van der Waals surface area contributed by atoms with Gasteiger partial charge in [-0.1, -0.05) is 103 Å². The zero-order valence-electron chi connectivity index (χ0n) is 23.9. The third kappa shape index (κ3) is 6.72. The van der Waals surface area contributed by atoms with Crippen molar-refractivity contribution < 1.29 is 14.6 Å². The van der Waals surface area contributed by atoms with E-state index >= 15 is 0 Å². The molecule has 1 atom stereocenters. The SMILES string of the molecule is CCC(C)c1ccc(N(c2ccc(C)cc2)c2ccc(-c3ccc(-c4ccc(C)cc4)c(SOOO)c3)cc2)cc1. The number of rotatable bonds is 10. The van der Waals surface area contributed by atoms with E-state index in [0.717, 1.165) is 62.7 Å². The number of anilines is 3. The Kier molecular flexibility index (Phi) is 9.22. The largest absolute Gasteiger partial charge is 0.311 e. The van der Waals surface area contributed by atoms with Gasteiger partial charge in [0.25, 0.3) is 0 Å². The standard InChI is InChI=1S/C36H35NO3S/c1-5-27(4)28-12-19-33(20-13-28)37(32-17-8-26(3)9-18-32)34-21-14-29(15-22-34)31-16-23-35(36(24-31)41-40-39-38)30-10-6-25(2)7-11-30/h6-24,27,38H,5H2,1-4H3. The van der Waals surface area contributed by atoms with E-state index in [-0.39, 0.29) is 0 Å². The van der Waals surface area contributed by atoms with Crippen molar-refractivity contribution in [1.82, 2.24) is 0 Å². The molecule has 5 aromatic rings. The van der Waals surface area contributed by atoms with E-state index in [1.54, 1.807) is 0 Å². The minimum atomic E-state index is 0.533. The molecular weight excluding hydrogens is 526 g/mol. The van der Waals surface area contributed by atoms with E-state index in [1.807, 2.05) is 0 Å². The van der Waals surface area contributed by atoms with Gasteiger partial charge in [0.1, 0.15) is 0 Å². The highest BCUT2D eigenvalue weighted by molar-refractivity contribution is 7.94. The molecular formula is C36H35NO3S. The van der Waals surface area contributed by atoms with E-state index in [0.29, 0.717) is 5.92 Å². The predicted molar refractivity (Wildman–Crippen MR) is 171 cm³/mol. The number of aryl methyl sites for hydroxylation is 2. The Hall–Kier alpha value is -3.87. The second kappa shape index (κ2) is 13.2. The molecule has 1 N–H and O–H groups in total. The zero-order valence-corrected chi connectivity index (χ0v) is 24.7. The summed E-state index contributed by atoms with van der Waals surface area (Å²) in [6, 6.07) is 40.7. The molecule has 0 radical (unpaired) electrons. The molecule has 0 bridgehead atoms. The molecule has 208 valence electrons. The summed E-state index contributed by atoms with van der Waals surface area (Å²) in [7, 11) is 0. The Morgan fingerprint density at radius 1 is 0.659 bits per heavy atom. The highest BCUT2D eigenvalue weighted by atomic mass is 32.2. The van der Waals surface area contributed by atoms with Gasteiger partial charge in [0.15, 0.2) is 0 Å². The van der Waals surface area contributed by atoms with Crippen molar-refractivity contribution in [2.45, 2.75) is 44.9 Å². The average molecular weight is 562 g/mol. The lowest BCUT2D eigenvalue weighted by Crippen LogP contribution is -2.10. The minimum absolute atomic E-state index is 0.533. The lowest BCUT2D eigenvalue weighted by molar-refractivity contribution is -0.432. The molecule has 5 aromatic carbocycles. The van der Waals surface area contributed by atoms with Crippen LogP contribution in [0.25, 0.3) is 22.3 Å². The van der Waals surface area contributed by atoms with Gasteiger partial charge in [0.05, 0.1) is 12.0 Å². The molecule has 0 amide bonds. The van der Waals surface area contributed by atoms with Gasteiger partial charge in [-0.3, -0.25) is 0 Å². The van der Waals surface area contributed by atoms with Crippen LogP contribution in [0.3, 0.4) is 0 Å². The van der Waals surface area contributed by atoms with Crippen LogP contribution < -0.4 is 4.90 Å². The maximum Gasteiger partial charge on any atom is 0.0721 e. The monoisotopic (exact) mass is 561 g/mol. The van der Waals surface area contributed by atoms with Crippen molar-refractivity contribution in [2.75, 3.05) is 4.90 Å². The average Bonchev–Trinajstić information content (AvgIpc) is 3.02. The Bertz CT molecular complexity index is 1560. The van der Waals surface area contributed by atoms with Gasteiger partial charge in [0, 0.05) is 22.0 Å². The van der Waals surface area contributed by atoms with E-state index in [9.17, 15) is 0 Å². The van der Waals surface area contributed by atoms with Crippen LogP contribution in [-0.4, -0.2) is 5.26 Å². The maximum absolute atomic E-state index is 8.80. The van der Waals surface area contributed by atoms with Gasteiger partial charge in [-0.05, 0) is 96.5 Å². The van der Waals surface area contributed by atoms with E-state index in [4.69, 9.17) is 9.59 Å². The molecule has 0 fully saturated rings. The third-order valence-electron chi connectivity index (χ3n) is 7.58. The zero-order chi connectivity index (χ0) is 28.8. The summed E-state index contributed by atoms with van der Waals surface area (Å²) < 4.78 is 4.85. The van der Waals surface area contributed by atoms with Crippen LogP contribution in [0.4, 0.5) is 17.1 Å². The molecule has 41 heavy (non-hydrogen) atoms. The van der Waals surface area contributed by atoms with Crippen LogP contribution in [0.15, 0.2) is 120 Å². The minimum Gasteiger partial charge on any atom is -0.311 e. The molecule has 4 nitrogen and oxygen atoms in total. The van der Waals surface area contributed by atoms with Gasteiger partial charge in [-0.25, -0.2) is 5.26 Å². The number of hydrogen-bond acceptors (Lipinski definition) is 5. The second-order valence-electron chi connectivity index (χ2n) is 10.4. The summed E-state index contributed by atoms with van der Waals surface area (Å²) in [6.07, 6.45) is 1.12. The summed E-state index contributed by atoms with van der Waals surface area (Å²) in [5, 5.41) is 12.7. The summed E-state index contributed by atoms with van der Waals surface area (Å²) in [5.41, 5.74) is 11.3. The van der Waals surface area contributed by atoms with Crippen molar-refractivity contribution in [3.8, 4) is 22.3 Å². The lowest BCUT2D eigenvalue weighted by atomic mass is 9.98. The number of benzene rings is 5. The molecule has 0 aliphatic carbocycles.